The Morgan fingerprint density at radius 2 is 2.40 bits per heavy atom. The van der Waals surface area contributed by atoms with E-state index in [1.807, 2.05) is 13.8 Å². The normalized spacial score (nSPS) is 33.5. The van der Waals surface area contributed by atoms with Crippen molar-refractivity contribution in [2.24, 2.45) is 0 Å². The molecule has 7 nitrogen and oxygen atoms in total. The highest BCUT2D eigenvalue weighted by Gasteiger charge is 2.39. The van der Waals surface area contributed by atoms with Crippen LogP contribution in [-0.2, 0) is 4.74 Å². The van der Waals surface area contributed by atoms with Crippen LogP contribution in [0.2, 0.25) is 0 Å². The van der Waals surface area contributed by atoms with Gasteiger partial charge in [0.25, 0.3) is 11.7 Å². The summed E-state index contributed by atoms with van der Waals surface area (Å²) in [4.78, 5) is 16.4. The molecule has 0 aliphatic carbocycles. The molecule has 0 aromatic carbocycles. The predicted molar refractivity (Wildman–Crippen MR) is 70.2 cm³/mol. The molecule has 3 heterocycles. The zero-order valence-corrected chi connectivity index (χ0v) is 11.8. The molecule has 0 bridgehead atoms. The van der Waals surface area contributed by atoms with Crippen molar-refractivity contribution in [3.8, 4) is 0 Å². The van der Waals surface area contributed by atoms with Gasteiger partial charge in [-0.05, 0) is 39.7 Å². The Morgan fingerprint density at radius 1 is 1.55 bits per heavy atom. The van der Waals surface area contributed by atoms with Gasteiger partial charge >= 0.3 is 0 Å². The first kappa shape index (κ1) is 13.5. The summed E-state index contributed by atoms with van der Waals surface area (Å²) in [5.74, 6) is 0.278. The molecule has 1 aromatic heterocycles. The molecular weight excluding hydrogens is 260 g/mol. The number of rotatable bonds is 3. The van der Waals surface area contributed by atoms with Crippen molar-refractivity contribution >= 4 is 5.91 Å². The van der Waals surface area contributed by atoms with Gasteiger partial charge in [-0.2, -0.15) is 4.98 Å². The van der Waals surface area contributed by atoms with E-state index in [2.05, 4.69) is 20.8 Å². The van der Waals surface area contributed by atoms with E-state index in [-0.39, 0.29) is 29.4 Å². The maximum absolute atomic E-state index is 12.2. The average molecular weight is 280 g/mol. The minimum atomic E-state index is -0.372. The molecular formula is C13H20N4O3. The molecule has 2 aliphatic rings. The topological polar surface area (TPSA) is 89.3 Å². The van der Waals surface area contributed by atoms with E-state index in [0.29, 0.717) is 12.5 Å². The molecule has 0 saturated carbocycles. The van der Waals surface area contributed by atoms with Crippen LogP contribution in [0.5, 0.6) is 0 Å². The van der Waals surface area contributed by atoms with Crippen molar-refractivity contribution in [3.05, 3.63) is 11.7 Å². The van der Waals surface area contributed by atoms with Crippen LogP contribution < -0.4 is 10.6 Å². The highest BCUT2D eigenvalue weighted by molar-refractivity contribution is 5.90. The van der Waals surface area contributed by atoms with Crippen molar-refractivity contribution in [2.75, 3.05) is 13.2 Å². The predicted octanol–water partition coefficient (Wildman–Crippen LogP) is 0.791. The second-order valence-corrected chi connectivity index (χ2v) is 5.74. The fraction of sp³-hybridized carbons (Fsp3) is 0.769. The molecule has 20 heavy (non-hydrogen) atoms. The standard InChI is InChI=1S/C13H20N4O3/c1-8-13(2,5-7-19-8)16-11(18)10-15-12(20-17-10)9-4-3-6-14-9/h8-9,14H,3-7H2,1-2H3,(H,16,18). The molecule has 2 aliphatic heterocycles. The van der Waals surface area contributed by atoms with Gasteiger partial charge in [-0.1, -0.05) is 5.16 Å². The van der Waals surface area contributed by atoms with E-state index in [1.54, 1.807) is 0 Å². The highest BCUT2D eigenvalue weighted by atomic mass is 16.5. The van der Waals surface area contributed by atoms with Crippen LogP contribution in [0.4, 0.5) is 0 Å². The van der Waals surface area contributed by atoms with Gasteiger partial charge in [-0.15, -0.1) is 0 Å². The summed E-state index contributed by atoms with van der Waals surface area (Å²) in [6.45, 7) is 5.53. The van der Waals surface area contributed by atoms with Gasteiger partial charge in [0.15, 0.2) is 0 Å². The minimum absolute atomic E-state index is 0.0191. The third kappa shape index (κ3) is 2.43. The van der Waals surface area contributed by atoms with Gasteiger partial charge in [0.2, 0.25) is 5.89 Å². The third-order valence-electron chi connectivity index (χ3n) is 4.29. The van der Waals surface area contributed by atoms with Crippen molar-refractivity contribution in [1.29, 1.82) is 0 Å². The average Bonchev–Trinajstić information content (AvgIpc) is 3.12. The molecule has 1 amide bonds. The summed E-state index contributed by atoms with van der Waals surface area (Å²) in [5.41, 5.74) is -0.372. The second-order valence-electron chi connectivity index (χ2n) is 5.74. The summed E-state index contributed by atoms with van der Waals surface area (Å²) in [6, 6.07) is 0.0772. The zero-order chi connectivity index (χ0) is 14.2. The molecule has 0 radical (unpaired) electrons. The lowest BCUT2D eigenvalue weighted by molar-refractivity contribution is 0.0718. The number of carbonyl (C=O) groups is 1. The fourth-order valence-corrected chi connectivity index (χ4v) is 2.68. The van der Waals surface area contributed by atoms with Gasteiger partial charge in [-0.3, -0.25) is 4.79 Å². The second kappa shape index (κ2) is 5.14. The molecule has 2 fully saturated rings. The summed E-state index contributed by atoms with van der Waals surface area (Å²) >= 11 is 0. The third-order valence-corrected chi connectivity index (χ3v) is 4.29. The van der Waals surface area contributed by atoms with Crippen molar-refractivity contribution in [2.45, 2.75) is 50.8 Å². The molecule has 3 unspecified atom stereocenters. The molecule has 2 N–H and O–H groups in total. The quantitative estimate of drug-likeness (QED) is 0.851. The number of ether oxygens (including phenoxy) is 1. The molecule has 3 atom stereocenters. The van der Waals surface area contributed by atoms with Gasteiger partial charge in [0.1, 0.15) is 0 Å². The fourth-order valence-electron chi connectivity index (χ4n) is 2.68. The molecule has 2 saturated heterocycles. The highest BCUT2D eigenvalue weighted by Crippen LogP contribution is 2.25. The van der Waals surface area contributed by atoms with Gasteiger partial charge in [0, 0.05) is 6.61 Å². The largest absolute Gasteiger partial charge is 0.376 e. The van der Waals surface area contributed by atoms with Crippen molar-refractivity contribution in [1.82, 2.24) is 20.8 Å². The van der Waals surface area contributed by atoms with Crippen LogP contribution in [0.1, 0.15) is 55.7 Å². The lowest BCUT2D eigenvalue weighted by atomic mass is 9.94. The van der Waals surface area contributed by atoms with E-state index in [4.69, 9.17) is 9.26 Å². The number of amides is 1. The van der Waals surface area contributed by atoms with Crippen LogP contribution in [0, 0.1) is 0 Å². The summed E-state index contributed by atoms with van der Waals surface area (Å²) < 4.78 is 10.7. The zero-order valence-electron chi connectivity index (χ0n) is 11.8. The van der Waals surface area contributed by atoms with Gasteiger partial charge in [-0.25, -0.2) is 0 Å². The number of carbonyl (C=O) groups excluding carboxylic acids is 1. The SMILES string of the molecule is CC1OCCC1(C)NC(=O)c1noc(C2CCCN2)n1. The van der Waals surface area contributed by atoms with E-state index in [0.717, 1.165) is 25.8 Å². The summed E-state index contributed by atoms with van der Waals surface area (Å²) in [7, 11) is 0. The van der Waals surface area contributed by atoms with Crippen LogP contribution in [-0.4, -0.2) is 40.8 Å². The van der Waals surface area contributed by atoms with Crippen LogP contribution in [0.15, 0.2) is 4.52 Å². The maximum Gasteiger partial charge on any atom is 0.293 e. The first-order valence-electron chi connectivity index (χ1n) is 7.09. The Bertz CT molecular complexity index is 498. The number of nitrogens with one attached hydrogen (secondary N) is 2. The first-order chi connectivity index (χ1) is 9.58. The molecule has 3 rings (SSSR count). The van der Waals surface area contributed by atoms with E-state index in [9.17, 15) is 4.79 Å². The number of nitrogens with zero attached hydrogens (tertiary/aromatic N) is 2. The number of aromatic nitrogens is 2. The Labute approximate surface area is 117 Å². The Balaban J connectivity index is 1.68. The van der Waals surface area contributed by atoms with Crippen LogP contribution in [0.3, 0.4) is 0 Å². The van der Waals surface area contributed by atoms with E-state index in [1.165, 1.54) is 0 Å². The van der Waals surface area contributed by atoms with Crippen LogP contribution in [0.25, 0.3) is 0 Å². The first-order valence-corrected chi connectivity index (χ1v) is 7.09. The van der Waals surface area contributed by atoms with Crippen LogP contribution >= 0.6 is 0 Å². The lowest BCUT2D eigenvalue weighted by Crippen LogP contribution is -2.50. The Morgan fingerprint density at radius 3 is 3.05 bits per heavy atom. The van der Waals surface area contributed by atoms with E-state index < -0.39 is 0 Å². The Kier molecular flexibility index (Phi) is 3.47. The number of hydrogen-bond acceptors (Lipinski definition) is 6. The number of hydrogen-bond donors (Lipinski definition) is 2. The molecule has 0 spiro atoms. The van der Waals surface area contributed by atoms with Gasteiger partial charge < -0.3 is 19.9 Å². The Hall–Kier alpha value is -1.47. The summed E-state index contributed by atoms with van der Waals surface area (Å²) in [5, 5.41) is 10.0. The van der Waals surface area contributed by atoms with E-state index >= 15 is 0 Å². The smallest absolute Gasteiger partial charge is 0.293 e. The van der Waals surface area contributed by atoms with Crippen molar-refractivity contribution < 1.29 is 14.1 Å². The molecule has 7 heteroatoms. The van der Waals surface area contributed by atoms with Gasteiger partial charge in [0.05, 0.1) is 17.7 Å². The van der Waals surface area contributed by atoms with Crippen molar-refractivity contribution in [3.63, 3.8) is 0 Å². The lowest BCUT2D eigenvalue weighted by Gasteiger charge is -2.28. The maximum atomic E-state index is 12.2. The monoisotopic (exact) mass is 280 g/mol. The molecule has 1 aromatic rings. The summed E-state index contributed by atoms with van der Waals surface area (Å²) in [6.07, 6.45) is 2.82. The molecule has 110 valence electrons. The minimum Gasteiger partial charge on any atom is -0.376 e.